The van der Waals surface area contributed by atoms with Crippen LogP contribution in [-0.2, 0) is 11.3 Å². The highest BCUT2D eigenvalue weighted by Gasteiger charge is 2.24. The molecule has 0 aliphatic carbocycles. The highest BCUT2D eigenvalue weighted by molar-refractivity contribution is 5.81. The van der Waals surface area contributed by atoms with E-state index < -0.39 is 0 Å². The molecule has 2 N–H and O–H groups in total. The van der Waals surface area contributed by atoms with Crippen LogP contribution in [0.2, 0.25) is 0 Å². The van der Waals surface area contributed by atoms with Crippen molar-refractivity contribution in [2.45, 2.75) is 32.4 Å². The van der Waals surface area contributed by atoms with Gasteiger partial charge in [0.1, 0.15) is 0 Å². The molecule has 1 aliphatic heterocycles. The zero-order valence-corrected chi connectivity index (χ0v) is 10.0. The number of amides is 1. The molecule has 2 heterocycles. The number of hydrogen-bond acceptors (Lipinski definition) is 4. The van der Waals surface area contributed by atoms with Crippen LogP contribution >= 0.6 is 0 Å². The number of nitrogens with one attached hydrogen (secondary N) is 2. The van der Waals surface area contributed by atoms with Crippen molar-refractivity contribution in [3.05, 3.63) is 24.0 Å². The second-order valence-electron chi connectivity index (χ2n) is 4.57. The van der Waals surface area contributed by atoms with Crippen molar-refractivity contribution in [1.82, 2.24) is 20.8 Å². The zero-order chi connectivity index (χ0) is 12.1. The molecule has 5 heteroatoms. The summed E-state index contributed by atoms with van der Waals surface area (Å²) in [7, 11) is 0. The maximum Gasteiger partial charge on any atom is 0.237 e. The lowest BCUT2D eigenvalue weighted by Gasteiger charge is -2.27. The van der Waals surface area contributed by atoms with Gasteiger partial charge in [0.15, 0.2) is 0 Å². The second kappa shape index (κ2) is 5.72. The van der Waals surface area contributed by atoms with Crippen LogP contribution < -0.4 is 10.6 Å². The molecule has 2 rings (SSSR count). The van der Waals surface area contributed by atoms with Gasteiger partial charge in [-0.15, -0.1) is 0 Å². The van der Waals surface area contributed by atoms with E-state index in [1.807, 2.05) is 12.1 Å². The van der Waals surface area contributed by atoms with Crippen LogP contribution in [0.15, 0.2) is 18.3 Å². The molecule has 0 aromatic carbocycles. The van der Waals surface area contributed by atoms with Gasteiger partial charge in [-0.1, -0.05) is 6.92 Å². The first-order valence-corrected chi connectivity index (χ1v) is 6.03. The minimum absolute atomic E-state index is 0.0576. The van der Waals surface area contributed by atoms with E-state index in [1.54, 1.807) is 6.20 Å². The highest BCUT2D eigenvalue weighted by Crippen LogP contribution is 2.14. The van der Waals surface area contributed by atoms with Crippen molar-refractivity contribution < 1.29 is 4.79 Å². The molecule has 2 atom stereocenters. The summed E-state index contributed by atoms with van der Waals surface area (Å²) in [5.41, 5.74) is 0.782. The van der Waals surface area contributed by atoms with Crippen molar-refractivity contribution in [3.8, 4) is 0 Å². The van der Waals surface area contributed by atoms with Crippen LogP contribution in [-0.4, -0.2) is 28.7 Å². The molecule has 5 nitrogen and oxygen atoms in total. The quantitative estimate of drug-likeness (QED) is 0.798. The van der Waals surface area contributed by atoms with E-state index in [9.17, 15) is 4.79 Å². The molecule has 92 valence electrons. The van der Waals surface area contributed by atoms with Crippen LogP contribution in [0.4, 0.5) is 0 Å². The Balaban J connectivity index is 1.81. The first-order chi connectivity index (χ1) is 8.25. The smallest absolute Gasteiger partial charge is 0.237 e. The molecular formula is C12H18N4O. The molecule has 0 spiro atoms. The second-order valence-corrected chi connectivity index (χ2v) is 4.57. The number of hydrogen-bond donors (Lipinski definition) is 2. The predicted molar refractivity (Wildman–Crippen MR) is 64.1 cm³/mol. The first-order valence-electron chi connectivity index (χ1n) is 6.03. The number of carbonyl (C=O) groups excluding carboxylic acids is 1. The third-order valence-electron chi connectivity index (χ3n) is 3.05. The molecule has 1 aromatic rings. The third-order valence-corrected chi connectivity index (χ3v) is 3.05. The molecule has 1 aliphatic rings. The van der Waals surface area contributed by atoms with Crippen LogP contribution in [0.5, 0.6) is 0 Å². The Hall–Kier alpha value is -1.49. The molecule has 17 heavy (non-hydrogen) atoms. The molecule has 0 radical (unpaired) electrons. The van der Waals surface area contributed by atoms with E-state index in [-0.39, 0.29) is 11.9 Å². The van der Waals surface area contributed by atoms with Gasteiger partial charge >= 0.3 is 0 Å². The van der Waals surface area contributed by atoms with Crippen molar-refractivity contribution in [3.63, 3.8) is 0 Å². The fourth-order valence-electron chi connectivity index (χ4n) is 2.04. The lowest BCUT2D eigenvalue weighted by atomic mass is 9.94. The summed E-state index contributed by atoms with van der Waals surface area (Å²) in [5.74, 6) is 0.672. The van der Waals surface area contributed by atoms with Crippen LogP contribution in [0.1, 0.15) is 25.5 Å². The van der Waals surface area contributed by atoms with Gasteiger partial charge in [-0.3, -0.25) is 4.79 Å². The number of carbonyl (C=O) groups is 1. The Labute approximate surface area is 101 Å². The lowest BCUT2D eigenvalue weighted by Crippen LogP contribution is -2.48. The van der Waals surface area contributed by atoms with E-state index in [2.05, 4.69) is 27.8 Å². The standard InChI is InChI=1S/C12H18N4O/c1-9-4-6-13-11(7-9)12(17)14-8-10-3-2-5-15-16-10/h2-3,5,9,11,13H,4,6-8H2,1H3,(H,14,17). The molecular weight excluding hydrogens is 216 g/mol. The summed E-state index contributed by atoms with van der Waals surface area (Å²) in [6, 6.07) is 3.61. The molecule has 2 unspecified atom stereocenters. The van der Waals surface area contributed by atoms with Crippen LogP contribution in [0, 0.1) is 5.92 Å². The van der Waals surface area contributed by atoms with Gasteiger partial charge in [0.05, 0.1) is 18.3 Å². The summed E-state index contributed by atoms with van der Waals surface area (Å²) in [6.07, 6.45) is 3.68. The highest BCUT2D eigenvalue weighted by atomic mass is 16.2. The predicted octanol–water partition coefficient (Wildman–Crippen LogP) is 0.481. The Kier molecular flexibility index (Phi) is 4.03. The zero-order valence-electron chi connectivity index (χ0n) is 10.0. The van der Waals surface area contributed by atoms with Gasteiger partial charge in [-0.05, 0) is 37.4 Å². The number of aromatic nitrogens is 2. The van der Waals surface area contributed by atoms with Gasteiger partial charge in [-0.2, -0.15) is 10.2 Å². The van der Waals surface area contributed by atoms with Gasteiger partial charge in [0.2, 0.25) is 5.91 Å². The first kappa shape index (κ1) is 12.0. The normalized spacial score (nSPS) is 24.3. The summed E-state index contributed by atoms with van der Waals surface area (Å²) >= 11 is 0. The number of rotatable bonds is 3. The van der Waals surface area contributed by atoms with Crippen molar-refractivity contribution in [2.75, 3.05) is 6.54 Å². The van der Waals surface area contributed by atoms with Gasteiger partial charge in [-0.25, -0.2) is 0 Å². The van der Waals surface area contributed by atoms with E-state index in [4.69, 9.17) is 0 Å². The van der Waals surface area contributed by atoms with Gasteiger partial charge < -0.3 is 10.6 Å². The summed E-state index contributed by atoms with van der Waals surface area (Å²) < 4.78 is 0. The summed E-state index contributed by atoms with van der Waals surface area (Å²) in [5, 5.41) is 13.8. The van der Waals surface area contributed by atoms with E-state index in [0.29, 0.717) is 12.5 Å². The van der Waals surface area contributed by atoms with Gasteiger partial charge in [0, 0.05) is 6.20 Å². The van der Waals surface area contributed by atoms with Gasteiger partial charge in [0.25, 0.3) is 0 Å². The largest absolute Gasteiger partial charge is 0.349 e. The molecule has 0 bridgehead atoms. The van der Waals surface area contributed by atoms with Crippen molar-refractivity contribution in [2.24, 2.45) is 5.92 Å². The number of nitrogens with zero attached hydrogens (tertiary/aromatic N) is 2. The Morgan fingerprint density at radius 2 is 2.53 bits per heavy atom. The van der Waals surface area contributed by atoms with E-state index in [0.717, 1.165) is 25.1 Å². The Morgan fingerprint density at radius 3 is 3.24 bits per heavy atom. The van der Waals surface area contributed by atoms with E-state index >= 15 is 0 Å². The molecule has 1 fully saturated rings. The fraction of sp³-hybridized carbons (Fsp3) is 0.583. The minimum atomic E-state index is -0.0598. The average Bonchev–Trinajstić information content (AvgIpc) is 2.37. The number of piperidine rings is 1. The summed E-state index contributed by atoms with van der Waals surface area (Å²) in [4.78, 5) is 11.9. The monoisotopic (exact) mass is 234 g/mol. The molecule has 0 saturated carbocycles. The maximum atomic E-state index is 11.9. The lowest BCUT2D eigenvalue weighted by molar-refractivity contribution is -0.124. The van der Waals surface area contributed by atoms with Crippen molar-refractivity contribution in [1.29, 1.82) is 0 Å². The fourth-order valence-corrected chi connectivity index (χ4v) is 2.04. The van der Waals surface area contributed by atoms with Crippen LogP contribution in [0.3, 0.4) is 0 Å². The SMILES string of the molecule is CC1CCNC(C(=O)NCc2cccnn2)C1. The molecule has 1 amide bonds. The summed E-state index contributed by atoms with van der Waals surface area (Å²) in [6.45, 7) is 3.55. The molecule has 1 saturated heterocycles. The Morgan fingerprint density at radius 1 is 1.65 bits per heavy atom. The van der Waals surface area contributed by atoms with Crippen LogP contribution in [0.25, 0.3) is 0 Å². The Bertz CT molecular complexity index is 368. The topological polar surface area (TPSA) is 66.9 Å². The van der Waals surface area contributed by atoms with Crippen molar-refractivity contribution >= 4 is 5.91 Å². The minimum Gasteiger partial charge on any atom is -0.349 e. The average molecular weight is 234 g/mol. The maximum absolute atomic E-state index is 11.9. The van der Waals surface area contributed by atoms with E-state index in [1.165, 1.54) is 0 Å². The molecule has 1 aromatic heterocycles. The third kappa shape index (κ3) is 3.49.